The van der Waals surface area contributed by atoms with Gasteiger partial charge in [0.1, 0.15) is 0 Å². The van der Waals surface area contributed by atoms with Crippen LogP contribution in [0.25, 0.3) is 0 Å². The van der Waals surface area contributed by atoms with E-state index in [9.17, 15) is 9.59 Å². The van der Waals surface area contributed by atoms with Crippen molar-refractivity contribution in [3.05, 3.63) is 35.9 Å². The van der Waals surface area contributed by atoms with E-state index in [0.717, 1.165) is 12.8 Å². The lowest BCUT2D eigenvalue weighted by atomic mass is 10.1. The summed E-state index contributed by atoms with van der Waals surface area (Å²) < 4.78 is 5.10. The van der Waals surface area contributed by atoms with Crippen LogP contribution < -0.4 is 5.43 Å². The summed E-state index contributed by atoms with van der Waals surface area (Å²) in [5, 5.41) is 1.37. The molecule has 0 radical (unpaired) electrons. The minimum absolute atomic E-state index is 0.223. The van der Waals surface area contributed by atoms with Gasteiger partial charge >= 0.3 is 6.09 Å². The van der Waals surface area contributed by atoms with E-state index in [4.69, 9.17) is 4.74 Å². The molecule has 20 heavy (non-hydrogen) atoms. The maximum absolute atomic E-state index is 12.3. The van der Waals surface area contributed by atoms with E-state index in [1.54, 1.807) is 12.1 Å². The number of nitrogens with one attached hydrogen (secondary N) is 1. The molecule has 1 aliphatic heterocycles. The number of benzene rings is 1. The lowest BCUT2D eigenvalue weighted by Gasteiger charge is -2.32. The minimum atomic E-state index is -0.844. The molecule has 2 amide bonds. The van der Waals surface area contributed by atoms with Gasteiger partial charge in [0.2, 0.25) is 6.10 Å². The SMILES string of the molecule is CC(C)CCCN1NC(=O)OC(c2ccccc2)C1=O. The molecule has 1 aliphatic rings. The minimum Gasteiger partial charge on any atom is -0.430 e. The van der Waals surface area contributed by atoms with E-state index in [0.29, 0.717) is 18.0 Å². The monoisotopic (exact) mass is 276 g/mol. The van der Waals surface area contributed by atoms with Gasteiger partial charge < -0.3 is 4.74 Å². The smallest absolute Gasteiger partial charge is 0.427 e. The molecule has 0 aliphatic carbocycles. The number of carbonyl (C=O) groups is 2. The van der Waals surface area contributed by atoms with E-state index >= 15 is 0 Å². The van der Waals surface area contributed by atoms with E-state index in [1.165, 1.54) is 5.01 Å². The van der Waals surface area contributed by atoms with Crippen molar-refractivity contribution in [1.29, 1.82) is 0 Å². The van der Waals surface area contributed by atoms with Crippen LogP contribution in [0.4, 0.5) is 4.79 Å². The van der Waals surface area contributed by atoms with Crippen LogP contribution in [0.5, 0.6) is 0 Å². The van der Waals surface area contributed by atoms with Crippen LogP contribution in [0.2, 0.25) is 0 Å². The maximum atomic E-state index is 12.3. The second kappa shape index (κ2) is 6.41. The molecule has 1 unspecified atom stereocenters. The van der Waals surface area contributed by atoms with Crippen molar-refractivity contribution in [3.63, 3.8) is 0 Å². The Morgan fingerprint density at radius 1 is 1.25 bits per heavy atom. The Morgan fingerprint density at radius 2 is 1.95 bits per heavy atom. The third-order valence-electron chi connectivity index (χ3n) is 3.21. The molecule has 0 bridgehead atoms. The molecule has 108 valence electrons. The second-order valence-electron chi connectivity index (χ2n) is 5.33. The molecule has 1 aromatic rings. The molecule has 1 N–H and O–H groups in total. The van der Waals surface area contributed by atoms with Gasteiger partial charge in [0, 0.05) is 12.1 Å². The number of hydrogen-bond acceptors (Lipinski definition) is 3. The Labute approximate surface area is 118 Å². The Balaban J connectivity index is 2.04. The third-order valence-corrected chi connectivity index (χ3v) is 3.21. The van der Waals surface area contributed by atoms with Gasteiger partial charge in [-0.05, 0) is 18.8 Å². The first-order valence-electron chi connectivity index (χ1n) is 6.91. The van der Waals surface area contributed by atoms with Crippen LogP contribution in [-0.4, -0.2) is 23.6 Å². The van der Waals surface area contributed by atoms with Gasteiger partial charge in [0.15, 0.2) is 0 Å². The molecule has 0 saturated carbocycles. The van der Waals surface area contributed by atoms with Gasteiger partial charge in [0.05, 0.1) is 0 Å². The van der Waals surface area contributed by atoms with E-state index in [2.05, 4.69) is 19.3 Å². The van der Waals surface area contributed by atoms with Gasteiger partial charge in [-0.3, -0.25) is 4.79 Å². The topological polar surface area (TPSA) is 58.6 Å². The zero-order valence-electron chi connectivity index (χ0n) is 11.8. The highest BCUT2D eigenvalue weighted by Crippen LogP contribution is 2.23. The number of carbonyl (C=O) groups excluding carboxylic acids is 2. The molecule has 1 aromatic carbocycles. The van der Waals surface area contributed by atoms with Gasteiger partial charge in [-0.25, -0.2) is 15.2 Å². The fourth-order valence-corrected chi connectivity index (χ4v) is 2.15. The molecule has 5 nitrogen and oxygen atoms in total. The van der Waals surface area contributed by atoms with Crippen molar-refractivity contribution >= 4 is 12.0 Å². The summed E-state index contributed by atoms with van der Waals surface area (Å²) in [7, 11) is 0. The number of hydrogen-bond donors (Lipinski definition) is 1. The summed E-state index contributed by atoms with van der Waals surface area (Å²) >= 11 is 0. The van der Waals surface area contributed by atoms with Gasteiger partial charge in [0.25, 0.3) is 5.91 Å². The number of nitrogens with zero attached hydrogens (tertiary/aromatic N) is 1. The van der Waals surface area contributed by atoms with Gasteiger partial charge in [-0.15, -0.1) is 0 Å². The predicted octanol–water partition coefficient (Wildman–Crippen LogP) is 2.65. The van der Waals surface area contributed by atoms with Crippen LogP contribution in [0.1, 0.15) is 38.4 Å². The molecule has 5 heteroatoms. The Morgan fingerprint density at radius 3 is 2.60 bits per heavy atom. The summed E-state index contributed by atoms with van der Waals surface area (Å²) in [6.45, 7) is 4.77. The van der Waals surface area contributed by atoms with E-state index in [1.807, 2.05) is 18.2 Å². The first-order chi connectivity index (χ1) is 9.58. The fraction of sp³-hybridized carbons (Fsp3) is 0.467. The molecule has 1 fully saturated rings. The van der Waals surface area contributed by atoms with Crippen molar-refractivity contribution < 1.29 is 14.3 Å². The first-order valence-corrected chi connectivity index (χ1v) is 6.91. The zero-order chi connectivity index (χ0) is 14.5. The quantitative estimate of drug-likeness (QED) is 0.899. The van der Waals surface area contributed by atoms with Crippen molar-refractivity contribution in [2.24, 2.45) is 5.92 Å². The highest BCUT2D eigenvalue weighted by Gasteiger charge is 2.35. The van der Waals surface area contributed by atoms with Crippen molar-refractivity contribution in [3.8, 4) is 0 Å². The maximum Gasteiger partial charge on any atom is 0.427 e. The molecule has 1 saturated heterocycles. The third kappa shape index (κ3) is 3.50. The lowest BCUT2D eigenvalue weighted by molar-refractivity contribution is -0.149. The second-order valence-corrected chi connectivity index (χ2v) is 5.33. The summed E-state index contributed by atoms with van der Waals surface area (Å²) in [6, 6.07) is 9.07. The van der Waals surface area contributed by atoms with Crippen molar-refractivity contribution in [2.75, 3.05) is 6.54 Å². The fourth-order valence-electron chi connectivity index (χ4n) is 2.15. The molecule has 1 atom stereocenters. The van der Waals surface area contributed by atoms with E-state index in [-0.39, 0.29) is 5.91 Å². The summed E-state index contributed by atoms with van der Waals surface area (Å²) in [4.78, 5) is 23.9. The van der Waals surface area contributed by atoms with Crippen LogP contribution in [0, 0.1) is 5.92 Å². The number of hydrazine groups is 1. The first kappa shape index (κ1) is 14.4. The number of cyclic esters (lactones) is 1. The van der Waals surface area contributed by atoms with Gasteiger partial charge in [-0.1, -0.05) is 44.2 Å². The number of amides is 2. The molecular weight excluding hydrogens is 256 g/mol. The standard InChI is InChI=1S/C15H20N2O3/c1-11(2)7-6-10-17-14(18)13(20-15(19)16-17)12-8-4-3-5-9-12/h3-5,8-9,11,13H,6-7,10H2,1-2H3,(H,16,19). The average molecular weight is 276 g/mol. The molecule has 1 heterocycles. The van der Waals surface area contributed by atoms with Gasteiger partial charge in [-0.2, -0.15) is 0 Å². The molecule has 0 aromatic heterocycles. The molecule has 2 rings (SSSR count). The Kier molecular flexibility index (Phi) is 4.61. The number of ether oxygens (including phenoxy) is 1. The van der Waals surface area contributed by atoms with Crippen molar-refractivity contribution in [1.82, 2.24) is 10.4 Å². The van der Waals surface area contributed by atoms with Crippen molar-refractivity contribution in [2.45, 2.75) is 32.8 Å². The average Bonchev–Trinajstić information content (AvgIpc) is 2.43. The highest BCUT2D eigenvalue weighted by atomic mass is 16.6. The van der Waals surface area contributed by atoms with Crippen LogP contribution >= 0.6 is 0 Å². The van der Waals surface area contributed by atoms with E-state index < -0.39 is 12.2 Å². The molecule has 0 spiro atoms. The zero-order valence-corrected chi connectivity index (χ0v) is 11.8. The highest BCUT2D eigenvalue weighted by molar-refractivity contribution is 5.88. The Hall–Kier alpha value is -2.04. The molecular formula is C15H20N2O3. The van der Waals surface area contributed by atoms with Crippen LogP contribution in [0.3, 0.4) is 0 Å². The lowest BCUT2D eigenvalue weighted by Crippen LogP contribution is -2.54. The summed E-state index contributed by atoms with van der Waals surface area (Å²) in [5.41, 5.74) is 3.16. The Bertz CT molecular complexity index is 473. The van der Waals surface area contributed by atoms with Crippen LogP contribution in [-0.2, 0) is 9.53 Å². The number of rotatable bonds is 5. The predicted molar refractivity (Wildman–Crippen MR) is 74.6 cm³/mol. The largest absolute Gasteiger partial charge is 0.430 e. The summed E-state index contributed by atoms with van der Waals surface area (Å²) in [6.07, 6.45) is 0.439. The summed E-state index contributed by atoms with van der Waals surface area (Å²) in [5.74, 6) is 0.353. The van der Waals surface area contributed by atoms with Crippen LogP contribution in [0.15, 0.2) is 30.3 Å². The normalized spacial score (nSPS) is 18.9.